The molecule has 1 aromatic rings. The molecule has 0 radical (unpaired) electrons. The molecule has 0 fully saturated rings. The van der Waals surface area contributed by atoms with Gasteiger partial charge in [0.05, 0.1) is 16.7 Å². The Morgan fingerprint density at radius 2 is 1.81 bits per heavy atom. The molecular weight excluding hydrogens is 311 g/mol. The first kappa shape index (κ1) is 14.1. The highest BCUT2D eigenvalue weighted by atomic mass is 79.9. The first-order valence-electron chi connectivity index (χ1n) is 5.19. The van der Waals surface area contributed by atoms with Crippen LogP contribution in [-0.2, 0) is 0 Å². The molecule has 0 N–H and O–H groups in total. The molecule has 0 bridgehead atoms. The Bertz CT molecular complexity index is 322. The lowest BCUT2D eigenvalue weighted by Gasteiger charge is -2.19. The van der Waals surface area contributed by atoms with Crippen LogP contribution in [-0.4, -0.2) is 11.9 Å². The fraction of sp³-hybridized carbons (Fsp3) is 0.500. The number of hydrogen-bond acceptors (Lipinski definition) is 1. The summed E-state index contributed by atoms with van der Waals surface area (Å²) >= 11 is 15.5. The first-order chi connectivity index (χ1) is 7.56. The van der Waals surface area contributed by atoms with E-state index >= 15 is 0 Å². The van der Waals surface area contributed by atoms with Crippen molar-refractivity contribution in [1.29, 1.82) is 0 Å². The van der Waals surface area contributed by atoms with Gasteiger partial charge in [0.25, 0.3) is 0 Å². The van der Waals surface area contributed by atoms with Crippen LogP contribution in [0.1, 0.15) is 13.8 Å². The number of alkyl halides is 1. The molecule has 1 nitrogen and oxygen atoms in total. The zero-order chi connectivity index (χ0) is 12.1. The fourth-order valence-electron chi connectivity index (χ4n) is 1.23. The van der Waals surface area contributed by atoms with Gasteiger partial charge in [0.15, 0.2) is 5.75 Å². The van der Waals surface area contributed by atoms with Crippen LogP contribution in [0, 0.1) is 11.8 Å². The number of ether oxygens (including phenoxy) is 1. The number of halogens is 3. The Kier molecular flexibility index (Phi) is 5.95. The van der Waals surface area contributed by atoms with Gasteiger partial charge in [-0.25, -0.2) is 0 Å². The minimum absolute atomic E-state index is 0.451. The number of benzene rings is 1. The van der Waals surface area contributed by atoms with Crippen molar-refractivity contribution in [2.45, 2.75) is 13.8 Å². The van der Waals surface area contributed by atoms with Crippen LogP contribution in [0.25, 0.3) is 0 Å². The molecule has 1 unspecified atom stereocenters. The van der Waals surface area contributed by atoms with Crippen LogP contribution in [0.5, 0.6) is 5.75 Å². The van der Waals surface area contributed by atoms with E-state index in [1.807, 2.05) is 6.07 Å². The van der Waals surface area contributed by atoms with Crippen LogP contribution >= 0.6 is 39.1 Å². The summed E-state index contributed by atoms with van der Waals surface area (Å²) < 4.78 is 5.69. The van der Waals surface area contributed by atoms with Gasteiger partial charge in [0, 0.05) is 11.2 Å². The van der Waals surface area contributed by atoms with E-state index in [9.17, 15) is 0 Å². The third kappa shape index (κ3) is 3.83. The molecule has 0 heterocycles. The molecule has 0 saturated heterocycles. The van der Waals surface area contributed by atoms with Crippen molar-refractivity contribution in [3.05, 3.63) is 28.2 Å². The molecule has 0 aliphatic carbocycles. The molecule has 0 aromatic heterocycles. The zero-order valence-corrected chi connectivity index (χ0v) is 12.4. The van der Waals surface area contributed by atoms with Gasteiger partial charge in [-0.2, -0.15) is 0 Å². The molecule has 0 spiro atoms. The van der Waals surface area contributed by atoms with Gasteiger partial charge in [0.2, 0.25) is 0 Å². The normalized spacial score (nSPS) is 12.9. The van der Waals surface area contributed by atoms with Crippen molar-refractivity contribution in [2.24, 2.45) is 11.8 Å². The summed E-state index contributed by atoms with van der Waals surface area (Å²) in [4.78, 5) is 0. The summed E-state index contributed by atoms with van der Waals surface area (Å²) in [6, 6.07) is 5.37. The van der Waals surface area contributed by atoms with Crippen LogP contribution in [0.15, 0.2) is 18.2 Å². The van der Waals surface area contributed by atoms with Crippen molar-refractivity contribution in [3.63, 3.8) is 0 Å². The third-order valence-electron chi connectivity index (χ3n) is 2.50. The standard InChI is InChI=1S/C12H15BrCl2O/c1-8(2)9(6-13)7-16-12-10(14)4-3-5-11(12)15/h3-5,8-9H,6-7H2,1-2H3. The fourth-order valence-corrected chi connectivity index (χ4v) is 2.67. The number of rotatable bonds is 5. The second-order valence-corrected chi connectivity index (χ2v) is 5.48. The SMILES string of the molecule is CC(C)C(CBr)COc1c(Cl)cccc1Cl. The molecule has 1 aromatic carbocycles. The lowest BCUT2D eigenvalue weighted by molar-refractivity contribution is 0.228. The first-order valence-corrected chi connectivity index (χ1v) is 7.06. The summed E-state index contributed by atoms with van der Waals surface area (Å²) in [6.45, 7) is 4.96. The van der Waals surface area contributed by atoms with E-state index in [2.05, 4.69) is 29.8 Å². The Balaban J connectivity index is 2.67. The maximum Gasteiger partial charge on any atom is 0.156 e. The average molecular weight is 326 g/mol. The van der Waals surface area contributed by atoms with E-state index in [0.717, 1.165) is 5.33 Å². The largest absolute Gasteiger partial charge is 0.490 e. The molecule has 0 aliphatic heterocycles. The van der Waals surface area contributed by atoms with Crippen LogP contribution < -0.4 is 4.74 Å². The van der Waals surface area contributed by atoms with E-state index in [0.29, 0.717) is 34.2 Å². The summed E-state index contributed by atoms with van der Waals surface area (Å²) in [6.07, 6.45) is 0. The summed E-state index contributed by atoms with van der Waals surface area (Å²) in [7, 11) is 0. The van der Waals surface area contributed by atoms with Crippen molar-refractivity contribution in [1.82, 2.24) is 0 Å². The van der Waals surface area contributed by atoms with Gasteiger partial charge in [-0.05, 0) is 18.1 Å². The Labute approximate surface area is 115 Å². The minimum atomic E-state index is 0.451. The van der Waals surface area contributed by atoms with Crippen LogP contribution in [0.2, 0.25) is 10.0 Å². The molecule has 1 rings (SSSR count). The predicted octanol–water partition coefficient (Wildman–Crippen LogP) is 5.04. The minimum Gasteiger partial charge on any atom is -0.490 e. The van der Waals surface area contributed by atoms with Gasteiger partial charge >= 0.3 is 0 Å². The van der Waals surface area contributed by atoms with Gasteiger partial charge in [-0.15, -0.1) is 0 Å². The topological polar surface area (TPSA) is 9.23 Å². The number of para-hydroxylation sites is 1. The van der Waals surface area contributed by atoms with Crippen LogP contribution in [0.3, 0.4) is 0 Å². The van der Waals surface area contributed by atoms with Crippen molar-refractivity contribution >= 4 is 39.1 Å². The average Bonchev–Trinajstić information content (AvgIpc) is 2.22. The summed E-state index contributed by atoms with van der Waals surface area (Å²) in [5.74, 6) is 1.59. The van der Waals surface area contributed by atoms with Crippen molar-refractivity contribution < 1.29 is 4.74 Å². The van der Waals surface area contributed by atoms with E-state index in [1.165, 1.54) is 0 Å². The molecule has 0 saturated carbocycles. The van der Waals surface area contributed by atoms with Gasteiger partial charge < -0.3 is 4.74 Å². The molecule has 16 heavy (non-hydrogen) atoms. The van der Waals surface area contributed by atoms with Gasteiger partial charge in [-0.1, -0.05) is 59.0 Å². The summed E-state index contributed by atoms with van der Waals surface area (Å²) in [5, 5.41) is 2.03. The zero-order valence-electron chi connectivity index (χ0n) is 9.34. The molecule has 90 valence electrons. The maximum absolute atomic E-state index is 6.01. The van der Waals surface area contributed by atoms with Crippen molar-refractivity contribution in [3.8, 4) is 5.75 Å². The molecule has 4 heteroatoms. The highest BCUT2D eigenvalue weighted by Crippen LogP contribution is 2.33. The molecule has 0 aliphatic rings. The lowest BCUT2D eigenvalue weighted by atomic mass is 9.99. The number of hydrogen-bond donors (Lipinski definition) is 0. The molecule has 1 atom stereocenters. The molecular formula is C12H15BrCl2O. The smallest absolute Gasteiger partial charge is 0.156 e. The monoisotopic (exact) mass is 324 g/mol. The maximum atomic E-state index is 6.01. The summed E-state index contributed by atoms with van der Waals surface area (Å²) in [5.41, 5.74) is 0. The molecule has 0 amide bonds. The van der Waals surface area contributed by atoms with Crippen molar-refractivity contribution in [2.75, 3.05) is 11.9 Å². The second-order valence-electron chi connectivity index (χ2n) is 4.02. The van der Waals surface area contributed by atoms with E-state index < -0.39 is 0 Å². The highest BCUT2D eigenvalue weighted by molar-refractivity contribution is 9.09. The van der Waals surface area contributed by atoms with Gasteiger partial charge in [-0.3, -0.25) is 0 Å². The Hall–Kier alpha value is 0.0800. The highest BCUT2D eigenvalue weighted by Gasteiger charge is 2.14. The van der Waals surface area contributed by atoms with E-state index in [1.54, 1.807) is 12.1 Å². The Morgan fingerprint density at radius 3 is 2.25 bits per heavy atom. The van der Waals surface area contributed by atoms with Crippen LogP contribution in [0.4, 0.5) is 0 Å². The quantitative estimate of drug-likeness (QED) is 0.689. The Morgan fingerprint density at radius 1 is 1.25 bits per heavy atom. The second kappa shape index (κ2) is 6.73. The lowest BCUT2D eigenvalue weighted by Crippen LogP contribution is -2.19. The van der Waals surface area contributed by atoms with E-state index in [4.69, 9.17) is 27.9 Å². The third-order valence-corrected chi connectivity index (χ3v) is 3.93. The van der Waals surface area contributed by atoms with E-state index in [-0.39, 0.29) is 0 Å². The van der Waals surface area contributed by atoms with Gasteiger partial charge in [0.1, 0.15) is 0 Å². The predicted molar refractivity (Wildman–Crippen MR) is 74.1 cm³/mol.